The molecule has 0 saturated carbocycles. The smallest absolute Gasteiger partial charge is 0.0610 e. The zero-order valence-electron chi connectivity index (χ0n) is 10.5. The SMILES string of the molecule is CCCn1nccc1CNC(C)(CC)CO. The van der Waals surface area contributed by atoms with Gasteiger partial charge in [-0.2, -0.15) is 5.10 Å². The highest BCUT2D eigenvalue weighted by atomic mass is 16.3. The molecule has 0 spiro atoms. The van der Waals surface area contributed by atoms with Gasteiger partial charge in [0, 0.05) is 24.8 Å². The van der Waals surface area contributed by atoms with Crippen LogP contribution in [0.25, 0.3) is 0 Å². The maximum atomic E-state index is 9.30. The van der Waals surface area contributed by atoms with Gasteiger partial charge in [0.05, 0.1) is 12.3 Å². The molecule has 0 radical (unpaired) electrons. The van der Waals surface area contributed by atoms with Gasteiger partial charge in [0.15, 0.2) is 0 Å². The molecule has 1 aromatic heterocycles. The van der Waals surface area contributed by atoms with Crippen LogP contribution in [-0.2, 0) is 13.1 Å². The van der Waals surface area contributed by atoms with Gasteiger partial charge in [-0.1, -0.05) is 13.8 Å². The second kappa shape index (κ2) is 6.01. The summed E-state index contributed by atoms with van der Waals surface area (Å²) >= 11 is 0. The molecule has 0 aliphatic heterocycles. The third-order valence-corrected chi connectivity index (χ3v) is 3.07. The fourth-order valence-corrected chi connectivity index (χ4v) is 1.52. The Morgan fingerprint density at radius 3 is 2.81 bits per heavy atom. The Balaban J connectivity index is 2.56. The summed E-state index contributed by atoms with van der Waals surface area (Å²) < 4.78 is 2.01. The van der Waals surface area contributed by atoms with E-state index in [1.54, 1.807) is 0 Å². The van der Waals surface area contributed by atoms with Crippen molar-refractivity contribution in [2.24, 2.45) is 0 Å². The number of aryl methyl sites for hydroxylation is 1. The Morgan fingerprint density at radius 2 is 2.25 bits per heavy atom. The maximum Gasteiger partial charge on any atom is 0.0610 e. The van der Waals surface area contributed by atoms with Gasteiger partial charge in [-0.25, -0.2) is 0 Å². The van der Waals surface area contributed by atoms with Gasteiger partial charge in [0.25, 0.3) is 0 Å². The highest BCUT2D eigenvalue weighted by Gasteiger charge is 2.20. The van der Waals surface area contributed by atoms with Gasteiger partial charge in [-0.3, -0.25) is 4.68 Å². The van der Waals surface area contributed by atoms with Crippen molar-refractivity contribution in [1.29, 1.82) is 0 Å². The van der Waals surface area contributed by atoms with E-state index >= 15 is 0 Å². The Bertz CT molecular complexity index is 305. The van der Waals surface area contributed by atoms with Crippen LogP contribution in [0.3, 0.4) is 0 Å². The number of aliphatic hydroxyl groups is 1. The van der Waals surface area contributed by atoms with Crippen LogP contribution in [0.5, 0.6) is 0 Å². The second-order valence-corrected chi connectivity index (χ2v) is 4.47. The number of aromatic nitrogens is 2. The molecule has 0 fully saturated rings. The molecule has 16 heavy (non-hydrogen) atoms. The monoisotopic (exact) mass is 225 g/mol. The average Bonchev–Trinajstić information content (AvgIpc) is 2.74. The third-order valence-electron chi connectivity index (χ3n) is 3.07. The van der Waals surface area contributed by atoms with Gasteiger partial charge in [0.1, 0.15) is 0 Å². The summed E-state index contributed by atoms with van der Waals surface area (Å²) in [4.78, 5) is 0. The first-order valence-electron chi connectivity index (χ1n) is 6.01. The Hall–Kier alpha value is -0.870. The quantitative estimate of drug-likeness (QED) is 0.740. The third kappa shape index (κ3) is 3.32. The number of rotatable bonds is 7. The summed E-state index contributed by atoms with van der Waals surface area (Å²) in [7, 11) is 0. The first-order chi connectivity index (χ1) is 7.65. The Morgan fingerprint density at radius 1 is 1.50 bits per heavy atom. The van der Waals surface area contributed by atoms with Crippen LogP contribution in [0.1, 0.15) is 39.3 Å². The predicted molar refractivity (Wildman–Crippen MR) is 65.1 cm³/mol. The van der Waals surface area contributed by atoms with E-state index in [1.807, 2.05) is 23.9 Å². The molecule has 1 heterocycles. The highest BCUT2D eigenvalue weighted by Crippen LogP contribution is 2.09. The summed E-state index contributed by atoms with van der Waals surface area (Å²) in [6.07, 6.45) is 3.82. The van der Waals surface area contributed by atoms with Crippen molar-refractivity contribution < 1.29 is 5.11 Å². The van der Waals surface area contributed by atoms with E-state index in [0.717, 1.165) is 25.9 Å². The lowest BCUT2D eigenvalue weighted by Crippen LogP contribution is -2.44. The molecular weight excluding hydrogens is 202 g/mol. The molecule has 0 aliphatic rings. The minimum atomic E-state index is -0.193. The van der Waals surface area contributed by atoms with Crippen LogP contribution in [0, 0.1) is 0 Å². The molecule has 1 atom stereocenters. The van der Waals surface area contributed by atoms with Crippen LogP contribution in [-0.4, -0.2) is 27.0 Å². The summed E-state index contributed by atoms with van der Waals surface area (Å²) in [5.41, 5.74) is 0.983. The fourth-order valence-electron chi connectivity index (χ4n) is 1.52. The maximum absolute atomic E-state index is 9.30. The van der Waals surface area contributed by atoms with Gasteiger partial charge < -0.3 is 10.4 Å². The van der Waals surface area contributed by atoms with E-state index in [2.05, 4.69) is 24.3 Å². The lowest BCUT2D eigenvalue weighted by molar-refractivity contribution is 0.168. The van der Waals surface area contributed by atoms with Gasteiger partial charge in [0.2, 0.25) is 0 Å². The van der Waals surface area contributed by atoms with Crippen LogP contribution >= 0.6 is 0 Å². The highest BCUT2D eigenvalue weighted by molar-refractivity contribution is 5.01. The average molecular weight is 225 g/mol. The molecule has 92 valence electrons. The lowest BCUT2D eigenvalue weighted by atomic mass is 10.0. The second-order valence-electron chi connectivity index (χ2n) is 4.47. The van der Waals surface area contributed by atoms with Crippen molar-refractivity contribution in [3.63, 3.8) is 0 Å². The molecule has 1 rings (SSSR count). The van der Waals surface area contributed by atoms with Crippen LogP contribution in [0.2, 0.25) is 0 Å². The molecule has 1 aromatic rings. The summed E-state index contributed by atoms with van der Waals surface area (Å²) in [6, 6.07) is 2.02. The number of hydrogen-bond acceptors (Lipinski definition) is 3. The van der Waals surface area contributed by atoms with E-state index in [0.29, 0.717) is 0 Å². The molecule has 2 N–H and O–H groups in total. The number of nitrogens with one attached hydrogen (secondary N) is 1. The van der Waals surface area contributed by atoms with Gasteiger partial charge >= 0.3 is 0 Å². The molecule has 0 aromatic carbocycles. The van der Waals surface area contributed by atoms with Crippen LogP contribution < -0.4 is 5.32 Å². The zero-order valence-corrected chi connectivity index (χ0v) is 10.5. The minimum Gasteiger partial charge on any atom is -0.394 e. The fraction of sp³-hybridized carbons (Fsp3) is 0.750. The molecule has 4 nitrogen and oxygen atoms in total. The molecular formula is C12H23N3O. The lowest BCUT2D eigenvalue weighted by Gasteiger charge is -2.27. The number of hydrogen-bond donors (Lipinski definition) is 2. The van der Waals surface area contributed by atoms with Crippen molar-refractivity contribution in [2.75, 3.05) is 6.61 Å². The first-order valence-corrected chi connectivity index (χ1v) is 6.01. The summed E-state index contributed by atoms with van der Waals surface area (Å²) in [5.74, 6) is 0. The van der Waals surface area contributed by atoms with Crippen LogP contribution in [0.4, 0.5) is 0 Å². The Kier molecular flexibility index (Phi) is 4.96. The minimum absolute atomic E-state index is 0.158. The molecule has 0 bridgehead atoms. The van der Waals surface area contributed by atoms with Crippen molar-refractivity contribution >= 4 is 0 Å². The van der Waals surface area contributed by atoms with E-state index < -0.39 is 0 Å². The molecule has 0 saturated heterocycles. The predicted octanol–water partition coefficient (Wildman–Crippen LogP) is 1.54. The van der Waals surface area contributed by atoms with E-state index in [1.165, 1.54) is 5.69 Å². The van der Waals surface area contributed by atoms with Gasteiger partial charge in [-0.05, 0) is 25.8 Å². The van der Waals surface area contributed by atoms with Crippen molar-refractivity contribution in [1.82, 2.24) is 15.1 Å². The van der Waals surface area contributed by atoms with E-state index in [9.17, 15) is 5.11 Å². The normalized spacial score (nSPS) is 15.0. The van der Waals surface area contributed by atoms with Crippen molar-refractivity contribution in [2.45, 2.75) is 52.2 Å². The number of nitrogens with zero attached hydrogens (tertiary/aromatic N) is 2. The largest absolute Gasteiger partial charge is 0.394 e. The summed E-state index contributed by atoms with van der Waals surface area (Å²) in [5, 5.41) is 17.0. The van der Waals surface area contributed by atoms with Gasteiger partial charge in [-0.15, -0.1) is 0 Å². The Labute approximate surface area is 97.7 Å². The summed E-state index contributed by atoms with van der Waals surface area (Å²) in [6.45, 7) is 8.12. The molecule has 1 unspecified atom stereocenters. The van der Waals surface area contributed by atoms with Crippen molar-refractivity contribution in [3.05, 3.63) is 18.0 Å². The van der Waals surface area contributed by atoms with Crippen molar-refractivity contribution in [3.8, 4) is 0 Å². The standard InChI is InChI=1S/C12H23N3O/c1-4-8-15-11(6-7-14-15)9-13-12(3,5-2)10-16/h6-7,13,16H,4-5,8-10H2,1-3H3. The molecule has 0 aliphatic carbocycles. The first kappa shape index (κ1) is 13.2. The van der Waals surface area contributed by atoms with E-state index in [4.69, 9.17) is 0 Å². The number of aliphatic hydroxyl groups excluding tert-OH is 1. The van der Waals surface area contributed by atoms with E-state index in [-0.39, 0.29) is 12.1 Å². The topological polar surface area (TPSA) is 50.1 Å². The zero-order chi connectivity index (χ0) is 12.0. The molecule has 4 heteroatoms. The molecule has 0 amide bonds. The van der Waals surface area contributed by atoms with Crippen LogP contribution in [0.15, 0.2) is 12.3 Å².